The average Bonchev–Trinajstić information content (AvgIpc) is 3.26. The Balaban J connectivity index is 1.50. The molecule has 4 aromatic rings. The molecule has 9 nitrogen and oxygen atoms in total. The molecule has 12 heteroatoms. The molecule has 0 saturated carbocycles. The van der Waals surface area contributed by atoms with Crippen LogP contribution in [-0.4, -0.2) is 53.5 Å². The average molecular weight is 596 g/mol. The summed E-state index contributed by atoms with van der Waals surface area (Å²) in [5.74, 6) is 5.95. The molecule has 2 aromatic carbocycles. The van der Waals surface area contributed by atoms with Gasteiger partial charge in [0.25, 0.3) is 5.91 Å². The third kappa shape index (κ3) is 6.13. The number of hydrogen-bond acceptors (Lipinski definition) is 6. The molecule has 1 aliphatic rings. The van der Waals surface area contributed by atoms with Crippen LogP contribution in [0.1, 0.15) is 27.3 Å². The number of rotatable bonds is 4. The van der Waals surface area contributed by atoms with E-state index in [1.807, 2.05) is 28.8 Å². The van der Waals surface area contributed by atoms with Gasteiger partial charge in [-0.25, -0.2) is 18.4 Å². The molecule has 0 atom stereocenters. The Morgan fingerprint density at radius 3 is 2.42 bits per heavy atom. The van der Waals surface area contributed by atoms with E-state index in [0.717, 1.165) is 11.3 Å². The number of hydrogen-bond donors (Lipinski definition) is 1. The Hall–Kier alpha value is -3.88. The molecule has 40 heavy (non-hydrogen) atoms. The number of imidazole rings is 1. The largest absolute Gasteiger partial charge is 0.619 e. The third-order valence-electron chi connectivity index (χ3n) is 6.35. The third-order valence-corrected chi connectivity index (χ3v) is 8.51. The number of amides is 1. The number of nitrogens with zero attached hydrogens (tertiary/aromatic N) is 4. The second-order valence-corrected chi connectivity index (χ2v) is 12.3. The molecular weight excluding hydrogens is 573 g/mol. The van der Waals surface area contributed by atoms with Crippen LogP contribution in [-0.2, 0) is 9.84 Å². The maximum Gasteiger partial charge on any atom is 0.286 e. The number of nitrogens with one attached hydrogen (secondary N) is 1. The normalized spacial score (nSPS) is 14.8. The van der Waals surface area contributed by atoms with E-state index in [2.05, 4.69) is 22.3 Å². The molecule has 1 amide bonds. The summed E-state index contributed by atoms with van der Waals surface area (Å²) >= 11 is 12.7. The summed E-state index contributed by atoms with van der Waals surface area (Å²) in [6.07, 6.45) is 2.79. The van der Waals surface area contributed by atoms with Crippen LogP contribution in [0.15, 0.2) is 67.0 Å². The molecule has 0 bridgehead atoms. The quantitative estimate of drug-likeness (QED) is 0.219. The van der Waals surface area contributed by atoms with Crippen molar-refractivity contribution in [2.24, 2.45) is 0 Å². The van der Waals surface area contributed by atoms with Crippen molar-refractivity contribution in [1.82, 2.24) is 20.0 Å². The van der Waals surface area contributed by atoms with Crippen molar-refractivity contribution in [3.05, 3.63) is 105 Å². The molecule has 1 saturated heterocycles. The van der Waals surface area contributed by atoms with Gasteiger partial charge in [0, 0.05) is 41.0 Å². The summed E-state index contributed by atoms with van der Waals surface area (Å²) in [6, 6.07) is 15.8. The minimum Gasteiger partial charge on any atom is -0.619 e. The predicted octanol–water partition coefficient (Wildman–Crippen LogP) is 3.56. The standard InChI is InChI=1S/C28H23Cl2N5O4S/c1-19-26(28(36)32-33-13-15-40(38,39)16-14-33)31-27(24-11-8-22(29)17-25(24)30)35(19)23-9-6-20(7-10-23)4-5-21-3-2-12-34(37)18-21/h2-3,6-12,17-18H,13-16H2,1H3,(H,32,36). The van der Waals surface area contributed by atoms with Gasteiger partial charge in [-0.3, -0.25) is 14.8 Å². The molecule has 2 aromatic heterocycles. The molecule has 1 aliphatic heterocycles. The van der Waals surface area contributed by atoms with Gasteiger partial charge in [-0.1, -0.05) is 35.0 Å². The van der Waals surface area contributed by atoms with Crippen LogP contribution in [0.25, 0.3) is 17.1 Å². The molecule has 0 radical (unpaired) electrons. The number of sulfone groups is 1. The topological polar surface area (TPSA) is 111 Å². The number of aromatic nitrogens is 3. The molecule has 1 fully saturated rings. The zero-order valence-corrected chi connectivity index (χ0v) is 23.6. The highest BCUT2D eigenvalue weighted by Gasteiger charge is 2.27. The van der Waals surface area contributed by atoms with Crippen molar-refractivity contribution < 1.29 is 17.9 Å². The van der Waals surface area contributed by atoms with Gasteiger partial charge < -0.3 is 5.21 Å². The van der Waals surface area contributed by atoms with E-state index in [9.17, 15) is 18.4 Å². The first-order chi connectivity index (χ1) is 19.1. The number of pyridine rings is 1. The second kappa shape index (κ2) is 11.3. The number of halogens is 2. The molecule has 0 aliphatic carbocycles. The first-order valence-electron chi connectivity index (χ1n) is 12.2. The highest BCUT2D eigenvalue weighted by atomic mass is 35.5. The fourth-order valence-electron chi connectivity index (χ4n) is 4.27. The minimum absolute atomic E-state index is 0.0251. The number of hydrazine groups is 1. The maximum absolute atomic E-state index is 13.3. The van der Waals surface area contributed by atoms with Crippen LogP contribution < -0.4 is 10.2 Å². The van der Waals surface area contributed by atoms with Crippen molar-refractivity contribution in [1.29, 1.82) is 0 Å². The lowest BCUT2D eigenvalue weighted by Gasteiger charge is -2.26. The number of benzene rings is 2. The van der Waals surface area contributed by atoms with Crippen LogP contribution in [0.2, 0.25) is 10.0 Å². The van der Waals surface area contributed by atoms with Gasteiger partial charge in [0.15, 0.2) is 27.9 Å². The second-order valence-electron chi connectivity index (χ2n) is 9.16. The zero-order valence-electron chi connectivity index (χ0n) is 21.3. The SMILES string of the molecule is Cc1c(C(=O)NN2CCS(=O)(=O)CC2)nc(-c2ccc(Cl)cc2Cl)n1-c1ccc(C#Cc2ccc[n+]([O-])c2)cc1. The Kier molecular flexibility index (Phi) is 7.83. The van der Waals surface area contributed by atoms with Crippen molar-refractivity contribution in [3.63, 3.8) is 0 Å². The molecule has 204 valence electrons. The van der Waals surface area contributed by atoms with Gasteiger partial charge in [-0.2, -0.15) is 4.73 Å². The lowest BCUT2D eigenvalue weighted by atomic mass is 10.1. The summed E-state index contributed by atoms with van der Waals surface area (Å²) < 4.78 is 26.1. The monoisotopic (exact) mass is 595 g/mol. The Bertz CT molecular complexity index is 1760. The van der Waals surface area contributed by atoms with E-state index in [4.69, 9.17) is 23.2 Å². The smallest absolute Gasteiger partial charge is 0.286 e. The Morgan fingerprint density at radius 2 is 1.75 bits per heavy atom. The van der Waals surface area contributed by atoms with Gasteiger partial charge in [-0.05, 0) is 55.5 Å². The summed E-state index contributed by atoms with van der Waals surface area (Å²) in [7, 11) is -3.10. The van der Waals surface area contributed by atoms with E-state index in [1.54, 1.807) is 42.3 Å². The highest BCUT2D eigenvalue weighted by molar-refractivity contribution is 7.91. The highest BCUT2D eigenvalue weighted by Crippen LogP contribution is 2.33. The van der Waals surface area contributed by atoms with Crippen LogP contribution >= 0.6 is 23.2 Å². The molecule has 0 spiro atoms. The lowest BCUT2D eigenvalue weighted by Crippen LogP contribution is -2.50. The molecular formula is C28H23Cl2N5O4S. The molecule has 3 heterocycles. The Labute approximate surface area is 241 Å². The summed E-state index contributed by atoms with van der Waals surface area (Å²) in [5.41, 5.74) is 6.14. The number of carbonyl (C=O) groups is 1. The van der Waals surface area contributed by atoms with Crippen LogP contribution in [0.3, 0.4) is 0 Å². The van der Waals surface area contributed by atoms with Gasteiger partial charge in [0.1, 0.15) is 5.82 Å². The molecule has 1 N–H and O–H groups in total. The van der Waals surface area contributed by atoms with E-state index in [0.29, 0.717) is 37.4 Å². The van der Waals surface area contributed by atoms with Crippen molar-refractivity contribution in [2.45, 2.75) is 6.92 Å². The maximum atomic E-state index is 13.3. The first-order valence-corrected chi connectivity index (χ1v) is 14.8. The van der Waals surface area contributed by atoms with Gasteiger partial charge in [0.2, 0.25) is 0 Å². The summed E-state index contributed by atoms with van der Waals surface area (Å²) in [4.78, 5) is 18.0. The van der Waals surface area contributed by atoms with Crippen molar-refractivity contribution in [2.75, 3.05) is 24.6 Å². The van der Waals surface area contributed by atoms with Crippen molar-refractivity contribution >= 4 is 38.9 Å². The lowest BCUT2D eigenvalue weighted by molar-refractivity contribution is -0.605. The first kappa shape index (κ1) is 27.7. The van der Waals surface area contributed by atoms with E-state index >= 15 is 0 Å². The number of carbonyl (C=O) groups excluding carboxylic acids is 1. The van der Waals surface area contributed by atoms with Gasteiger partial charge >= 0.3 is 0 Å². The van der Waals surface area contributed by atoms with E-state index in [1.165, 1.54) is 12.4 Å². The van der Waals surface area contributed by atoms with Gasteiger partial charge in [0.05, 0.1) is 27.8 Å². The van der Waals surface area contributed by atoms with Crippen LogP contribution in [0.5, 0.6) is 0 Å². The van der Waals surface area contributed by atoms with Crippen LogP contribution in [0, 0.1) is 24.0 Å². The summed E-state index contributed by atoms with van der Waals surface area (Å²) in [5, 5.41) is 13.9. The molecule has 0 unspecified atom stereocenters. The fourth-order valence-corrected chi connectivity index (χ4v) is 5.97. The fraction of sp³-hybridized carbons (Fsp3) is 0.179. The van der Waals surface area contributed by atoms with Crippen molar-refractivity contribution in [3.8, 4) is 28.9 Å². The van der Waals surface area contributed by atoms with Crippen LogP contribution in [0.4, 0.5) is 0 Å². The van der Waals surface area contributed by atoms with E-state index < -0.39 is 15.7 Å². The van der Waals surface area contributed by atoms with E-state index in [-0.39, 0.29) is 30.3 Å². The zero-order chi connectivity index (χ0) is 28.4. The molecule has 5 rings (SSSR count). The van der Waals surface area contributed by atoms with Gasteiger partial charge in [-0.15, -0.1) is 0 Å². The minimum atomic E-state index is -3.10. The predicted molar refractivity (Wildman–Crippen MR) is 153 cm³/mol. The summed E-state index contributed by atoms with van der Waals surface area (Å²) in [6.45, 7) is 2.17. The Morgan fingerprint density at radius 1 is 1.05 bits per heavy atom.